The third-order valence-electron chi connectivity index (χ3n) is 5.92. The minimum Gasteiger partial charge on any atom is -0.507 e. The van der Waals surface area contributed by atoms with Gasteiger partial charge in [0.25, 0.3) is 11.7 Å². The molecule has 1 heterocycles. The summed E-state index contributed by atoms with van der Waals surface area (Å²) in [4.78, 5) is 27.6. The first-order valence-electron chi connectivity index (χ1n) is 11.1. The second-order valence-electron chi connectivity index (χ2n) is 8.27. The van der Waals surface area contributed by atoms with E-state index in [4.69, 9.17) is 14.2 Å². The van der Waals surface area contributed by atoms with E-state index in [1.165, 1.54) is 57.5 Å². The van der Waals surface area contributed by atoms with Gasteiger partial charge >= 0.3 is 0 Å². The highest BCUT2D eigenvalue weighted by molar-refractivity contribution is 7.89. The van der Waals surface area contributed by atoms with Crippen molar-refractivity contribution in [1.29, 1.82) is 0 Å². The number of hydrogen-bond acceptors (Lipinski definition) is 8. The fourth-order valence-corrected chi connectivity index (χ4v) is 4.91. The quantitative estimate of drug-likeness (QED) is 0.220. The van der Waals surface area contributed by atoms with Crippen LogP contribution in [0.4, 0.5) is 0 Å². The number of likely N-dealkylation sites (tertiary alicyclic amines) is 1. The fraction of sp³-hybridized carbons (Fsp3) is 0.360. The second kappa shape index (κ2) is 11.1. The zero-order valence-electron chi connectivity index (χ0n) is 20.8. The molecule has 1 amide bonds. The second-order valence-corrected chi connectivity index (χ2v) is 10.4. The molecule has 0 saturated carbocycles. The summed E-state index contributed by atoms with van der Waals surface area (Å²) in [6, 6.07) is 9.58. The number of sulfonamides is 1. The number of ether oxygens (including phenoxy) is 3. The monoisotopic (exact) mass is 518 g/mol. The highest BCUT2D eigenvalue weighted by Gasteiger charge is 2.46. The maximum absolute atomic E-state index is 13.1. The molecule has 0 spiro atoms. The van der Waals surface area contributed by atoms with Crippen molar-refractivity contribution in [3.63, 3.8) is 0 Å². The molecule has 2 aromatic carbocycles. The third kappa shape index (κ3) is 5.08. The van der Waals surface area contributed by atoms with Gasteiger partial charge in [0.1, 0.15) is 5.76 Å². The minimum atomic E-state index is -3.68. The minimum absolute atomic E-state index is 0.0282. The molecule has 0 radical (unpaired) electrons. The van der Waals surface area contributed by atoms with Gasteiger partial charge in [-0.2, -0.15) is 0 Å². The van der Waals surface area contributed by atoms with E-state index in [0.29, 0.717) is 30.1 Å². The third-order valence-corrected chi connectivity index (χ3v) is 7.75. The molecular weight excluding hydrogens is 488 g/mol. The van der Waals surface area contributed by atoms with Crippen molar-refractivity contribution in [2.45, 2.75) is 17.4 Å². The molecule has 10 nitrogen and oxygen atoms in total. The van der Waals surface area contributed by atoms with Crippen molar-refractivity contribution in [3.05, 3.63) is 59.2 Å². The molecule has 1 atom stereocenters. The van der Waals surface area contributed by atoms with Crippen molar-refractivity contribution < 1.29 is 37.3 Å². The number of carbonyl (C=O) groups is 2. The summed E-state index contributed by atoms with van der Waals surface area (Å²) in [6.45, 7) is 0.595. The smallest absolute Gasteiger partial charge is 0.295 e. The Balaban J connectivity index is 2.15. The van der Waals surface area contributed by atoms with Crippen LogP contribution in [0.25, 0.3) is 5.76 Å². The Hall–Kier alpha value is -3.41. The van der Waals surface area contributed by atoms with Crippen molar-refractivity contribution in [2.75, 3.05) is 48.6 Å². The summed E-state index contributed by atoms with van der Waals surface area (Å²) in [5.74, 6) is -1.13. The molecule has 1 aliphatic rings. The SMILES string of the molecule is COCCCN1C(=O)C(=O)C(=C(O)c2ccc(S(=O)(=O)N(C)C)cc2)[C@@H]1c1ccc(OC)c(OC)c1. The van der Waals surface area contributed by atoms with E-state index in [2.05, 4.69) is 0 Å². The summed E-state index contributed by atoms with van der Waals surface area (Å²) in [7, 11) is 3.66. The van der Waals surface area contributed by atoms with Crippen molar-refractivity contribution in [3.8, 4) is 11.5 Å². The number of Topliss-reactive ketones (excluding diaryl/α,β-unsaturated/α-hetero) is 1. The van der Waals surface area contributed by atoms with Crippen LogP contribution in [-0.4, -0.2) is 83.0 Å². The van der Waals surface area contributed by atoms with Crippen LogP contribution >= 0.6 is 0 Å². The number of amides is 1. The number of aliphatic hydroxyl groups is 1. The van der Waals surface area contributed by atoms with Crippen LogP contribution in [-0.2, 0) is 24.3 Å². The lowest BCUT2D eigenvalue weighted by atomic mass is 9.95. The first-order valence-corrected chi connectivity index (χ1v) is 12.5. The van der Waals surface area contributed by atoms with E-state index in [1.54, 1.807) is 25.3 Å². The number of benzene rings is 2. The lowest BCUT2D eigenvalue weighted by Crippen LogP contribution is -2.31. The molecule has 194 valence electrons. The zero-order chi connectivity index (χ0) is 26.6. The van der Waals surface area contributed by atoms with Gasteiger partial charge in [-0.25, -0.2) is 12.7 Å². The van der Waals surface area contributed by atoms with E-state index in [0.717, 1.165) is 4.31 Å². The molecule has 0 aromatic heterocycles. The Kier molecular flexibility index (Phi) is 8.39. The number of carbonyl (C=O) groups excluding carboxylic acids is 2. The normalized spacial score (nSPS) is 17.6. The number of hydrogen-bond donors (Lipinski definition) is 1. The largest absolute Gasteiger partial charge is 0.507 e. The summed E-state index contributed by atoms with van der Waals surface area (Å²) in [6.07, 6.45) is 0.477. The van der Waals surface area contributed by atoms with Gasteiger partial charge in [-0.3, -0.25) is 9.59 Å². The Morgan fingerprint density at radius 2 is 1.64 bits per heavy atom. The molecule has 0 bridgehead atoms. The van der Waals surface area contributed by atoms with Gasteiger partial charge in [-0.1, -0.05) is 6.07 Å². The summed E-state index contributed by atoms with van der Waals surface area (Å²) < 4.78 is 41.7. The van der Waals surface area contributed by atoms with Crippen LogP contribution in [0, 0.1) is 0 Å². The van der Waals surface area contributed by atoms with Crippen LogP contribution in [0.3, 0.4) is 0 Å². The van der Waals surface area contributed by atoms with Crippen molar-refractivity contribution >= 4 is 27.5 Å². The van der Waals surface area contributed by atoms with Gasteiger partial charge in [0.15, 0.2) is 11.5 Å². The first-order chi connectivity index (χ1) is 17.1. The Labute approximate surface area is 210 Å². The van der Waals surface area contributed by atoms with Gasteiger partial charge in [0.2, 0.25) is 10.0 Å². The van der Waals surface area contributed by atoms with Gasteiger partial charge in [0.05, 0.1) is 30.7 Å². The predicted octanol–water partition coefficient (Wildman–Crippen LogP) is 2.41. The molecule has 0 aliphatic carbocycles. The van der Waals surface area contributed by atoms with Gasteiger partial charge in [-0.05, 0) is 48.4 Å². The Morgan fingerprint density at radius 1 is 1.00 bits per heavy atom. The maximum atomic E-state index is 13.1. The van der Waals surface area contributed by atoms with Crippen LogP contribution < -0.4 is 9.47 Å². The zero-order valence-corrected chi connectivity index (χ0v) is 21.7. The van der Waals surface area contributed by atoms with Crippen LogP contribution in [0.1, 0.15) is 23.6 Å². The van der Waals surface area contributed by atoms with Gasteiger partial charge in [-0.15, -0.1) is 0 Å². The summed E-state index contributed by atoms with van der Waals surface area (Å²) in [5.41, 5.74) is 0.638. The first kappa shape index (κ1) is 27.2. The Bertz CT molecular complexity index is 1270. The molecule has 1 aliphatic heterocycles. The molecule has 3 rings (SSSR count). The van der Waals surface area contributed by atoms with Crippen molar-refractivity contribution in [1.82, 2.24) is 9.21 Å². The molecule has 36 heavy (non-hydrogen) atoms. The van der Waals surface area contributed by atoms with Gasteiger partial charge < -0.3 is 24.2 Å². The predicted molar refractivity (Wildman–Crippen MR) is 132 cm³/mol. The number of aliphatic hydroxyl groups excluding tert-OH is 1. The molecule has 1 N–H and O–H groups in total. The lowest BCUT2D eigenvalue weighted by molar-refractivity contribution is -0.140. The number of nitrogens with zero attached hydrogens (tertiary/aromatic N) is 2. The number of ketones is 1. The van der Waals surface area contributed by atoms with E-state index in [9.17, 15) is 23.1 Å². The summed E-state index contributed by atoms with van der Waals surface area (Å²) >= 11 is 0. The average Bonchev–Trinajstić information content (AvgIpc) is 3.13. The average molecular weight is 519 g/mol. The van der Waals surface area contributed by atoms with E-state index >= 15 is 0 Å². The standard InChI is InChI=1S/C25H30N2O8S/c1-26(2)36(31,32)18-10-7-16(8-11-18)23(28)21-22(17-9-12-19(34-4)20(15-17)35-5)27(13-6-14-33-3)25(30)24(21)29/h7-12,15,22,28H,6,13-14H2,1-5H3/t22-/m0/s1. The van der Waals surface area contributed by atoms with E-state index in [-0.39, 0.29) is 22.6 Å². The van der Waals surface area contributed by atoms with Gasteiger partial charge in [0, 0.05) is 39.9 Å². The number of methoxy groups -OCH3 is 3. The van der Waals surface area contributed by atoms with E-state index in [1.807, 2.05) is 0 Å². The highest BCUT2D eigenvalue weighted by atomic mass is 32.2. The molecule has 1 fully saturated rings. The lowest BCUT2D eigenvalue weighted by Gasteiger charge is -2.26. The molecule has 11 heteroatoms. The highest BCUT2D eigenvalue weighted by Crippen LogP contribution is 2.42. The maximum Gasteiger partial charge on any atom is 0.295 e. The Morgan fingerprint density at radius 3 is 2.19 bits per heavy atom. The fourth-order valence-electron chi connectivity index (χ4n) is 4.01. The molecule has 1 saturated heterocycles. The van der Waals surface area contributed by atoms with Crippen LogP contribution in [0.15, 0.2) is 52.9 Å². The van der Waals surface area contributed by atoms with E-state index < -0.39 is 33.5 Å². The molecule has 0 unspecified atom stereocenters. The topological polar surface area (TPSA) is 123 Å². The summed E-state index contributed by atoms with van der Waals surface area (Å²) in [5, 5.41) is 11.2. The number of rotatable bonds is 10. The van der Waals surface area contributed by atoms with Crippen molar-refractivity contribution in [2.24, 2.45) is 0 Å². The van der Waals surface area contributed by atoms with Crippen LogP contribution in [0.5, 0.6) is 11.5 Å². The molecular formula is C25H30N2O8S. The molecule has 2 aromatic rings. The van der Waals surface area contributed by atoms with Crippen LogP contribution in [0.2, 0.25) is 0 Å².